The summed E-state index contributed by atoms with van der Waals surface area (Å²) in [7, 11) is 0. The molecule has 0 aromatic rings. The minimum absolute atomic E-state index is 0.418. The molecule has 0 unspecified atom stereocenters. The van der Waals surface area contributed by atoms with Crippen molar-refractivity contribution in [3.05, 3.63) is 12.3 Å². The van der Waals surface area contributed by atoms with E-state index >= 15 is 0 Å². The van der Waals surface area contributed by atoms with Crippen molar-refractivity contribution in [2.24, 2.45) is 5.92 Å². The van der Waals surface area contributed by atoms with Gasteiger partial charge in [-0.15, -0.1) is 0 Å². The molecule has 0 aliphatic carbocycles. The van der Waals surface area contributed by atoms with E-state index in [1.165, 1.54) is 19.3 Å². The van der Waals surface area contributed by atoms with Crippen molar-refractivity contribution in [3.8, 4) is 0 Å². The van der Waals surface area contributed by atoms with Crippen LogP contribution in [0.25, 0.3) is 0 Å². The van der Waals surface area contributed by atoms with Crippen LogP contribution in [0.3, 0.4) is 0 Å². The van der Waals surface area contributed by atoms with Crippen molar-refractivity contribution in [1.82, 2.24) is 5.32 Å². The highest BCUT2D eigenvalue weighted by Crippen LogP contribution is 2.13. The molecule has 1 rings (SSSR count). The van der Waals surface area contributed by atoms with E-state index < -0.39 is 0 Å². The molecule has 1 N–H and O–H groups in total. The van der Waals surface area contributed by atoms with Gasteiger partial charge in [0.05, 0.1) is 12.6 Å². The summed E-state index contributed by atoms with van der Waals surface area (Å²) in [6.45, 7) is 14.5. The number of nitrogens with one attached hydrogen (secondary N) is 1. The van der Waals surface area contributed by atoms with E-state index in [2.05, 4.69) is 39.6 Å². The molecule has 16 heavy (non-hydrogen) atoms. The first-order valence-electron chi connectivity index (χ1n) is 6.62. The summed E-state index contributed by atoms with van der Waals surface area (Å²) < 4.78 is 5.51. The van der Waals surface area contributed by atoms with Gasteiger partial charge in [-0.1, -0.05) is 40.7 Å². The third kappa shape index (κ3) is 8.78. The van der Waals surface area contributed by atoms with Gasteiger partial charge in [-0.2, -0.15) is 0 Å². The van der Waals surface area contributed by atoms with Gasteiger partial charge in [0, 0.05) is 0 Å². The molecule has 0 spiro atoms. The van der Waals surface area contributed by atoms with Crippen LogP contribution >= 0.6 is 0 Å². The van der Waals surface area contributed by atoms with E-state index in [1.54, 1.807) is 0 Å². The Morgan fingerprint density at radius 1 is 1.44 bits per heavy atom. The molecule has 2 nitrogen and oxygen atoms in total. The Kier molecular flexibility index (Phi) is 9.40. The van der Waals surface area contributed by atoms with Gasteiger partial charge >= 0.3 is 0 Å². The Labute approximate surface area is 101 Å². The molecule has 1 aliphatic rings. The minimum Gasteiger partial charge on any atom is -0.497 e. The van der Waals surface area contributed by atoms with Crippen LogP contribution in [0.1, 0.15) is 53.4 Å². The first-order chi connectivity index (χ1) is 7.57. The summed E-state index contributed by atoms with van der Waals surface area (Å²) in [6, 6.07) is 0.418. The second kappa shape index (κ2) is 9.71. The Morgan fingerprint density at radius 3 is 2.50 bits per heavy atom. The van der Waals surface area contributed by atoms with Gasteiger partial charge < -0.3 is 10.1 Å². The lowest BCUT2D eigenvalue weighted by Gasteiger charge is -2.14. The zero-order valence-electron chi connectivity index (χ0n) is 11.5. The van der Waals surface area contributed by atoms with Crippen molar-refractivity contribution < 1.29 is 4.74 Å². The Morgan fingerprint density at radius 2 is 2.06 bits per heavy atom. The summed E-state index contributed by atoms with van der Waals surface area (Å²) in [5, 5.41) is 3.36. The van der Waals surface area contributed by atoms with Gasteiger partial charge in [-0.3, -0.25) is 0 Å². The van der Waals surface area contributed by atoms with Gasteiger partial charge in [-0.25, -0.2) is 0 Å². The SMILES string of the molecule is C=C(OCCCC)[C@@H]1CCCN1.CC(C)C. The van der Waals surface area contributed by atoms with Crippen LogP contribution in [0.2, 0.25) is 0 Å². The highest BCUT2D eigenvalue weighted by atomic mass is 16.5. The highest BCUT2D eigenvalue weighted by molar-refractivity contribution is 4.99. The van der Waals surface area contributed by atoms with E-state index in [9.17, 15) is 0 Å². The number of hydrogen-bond acceptors (Lipinski definition) is 2. The molecule has 1 saturated heterocycles. The van der Waals surface area contributed by atoms with Crippen LogP contribution in [-0.4, -0.2) is 19.2 Å². The highest BCUT2D eigenvalue weighted by Gasteiger charge is 2.17. The van der Waals surface area contributed by atoms with Crippen molar-refractivity contribution >= 4 is 0 Å². The molecule has 0 aromatic carbocycles. The summed E-state index contributed by atoms with van der Waals surface area (Å²) in [4.78, 5) is 0. The van der Waals surface area contributed by atoms with E-state index in [4.69, 9.17) is 4.74 Å². The third-order valence-corrected chi connectivity index (χ3v) is 2.23. The number of hydrogen-bond donors (Lipinski definition) is 1. The number of ether oxygens (including phenoxy) is 1. The Bertz CT molecular complexity index is 169. The molecule has 0 saturated carbocycles. The minimum atomic E-state index is 0.418. The van der Waals surface area contributed by atoms with Crippen LogP contribution in [0.5, 0.6) is 0 Å². The maximum absolute atomic E-state index is 5.51. The Hall–Kier alpha value is -0.500. The van der Waals surface area contributed by atoms with Gasteiger partial charge in [0.25, 0.3) is 0 Å². The number of rotatable bonds is 5. The fraction of sp³-hybridized carbons (Fsp3) is 0.857. The third-order valence-electron chi connectivity index (χ3n) is 2.23. The average Bonchev–Trinajstić information content (AvgIpc) is 2.69. The van der Waals surface area contributed by atoms with Gasteiger partial charge in [0.15, 0.2) is 0 Å². The van der Waals surface area contributed by atoms with Crippen LogP contribution < -0.4 is 5.32 Å². The summed E-state index contributed by atoms with van der Waals surface area (Å²) in [6.07, 6.45) is 4.75. The molecule has 96 valence electrons. The molecule has 1 aliphatic heterocycles. The first kappa shape index (κ1) is 15.5. The van der Waals surface area contributed by atoms with E-state index in [0.29, 0.717) is 6.04 Å². The van der Waals surface area contributed by atoms with Gasteiger partial charge in [0.1, 0.15) is 5.76 Å². The smallest absolute Gasteiger partial charge is 0.106 e. The van der Waals surface area contributed by atoms with Gasteiger partial charge in [-0.05, 0) is 31.7 Å². The normalized spacial score (nSPS) is 19.2. The average molecular weight is 227 g/mol. The Balaban J connectivity index is 0.000000487. The van der Waals surface area contributed by atoms with E-state index in [0.717, 1.165) is 31.2 Å². The lowest BCUT2D eigenvalue weighted by Crippen LogP contribution is -2.24. The largest absolute Gasteiger partial charge is 0.497 e. The summed E-state index contributed by atoms with van der Waals surface area (Å²) >= 11 is 0. The molecule has 0 radical (unpaired) electrons. The van der Waals surface area contributed by atoms with E-state index in [1.807, 2.05) is 0 Å². The molecule has 0 bridgehead atoms. The van der Waals surface area contributed by atoms with Crippen LogP contribution in [0, 0.1) is 5.92 Å². The predicted octanol–water partition coefficient (Wildman–Crippen LogP) is 3.73. The van der Waals surface area contributed by atoms with E-state index in [-0.39, 0.29) is 0 Å². The maximum Gasteiger partial charge on any atom is 0.106 e. The van der Waals surface area contributed by atoms with Crippen LogP contribution in [0.15, 0.2) is 12.3 Å². The standard InChI is InChI=1S/C10H19NO.C4H10/c1-3-4-8-12-9(2)10-6-5-7-11-10;1-4(2)3/h10-11H,2-8H2,1H3;4H,1-3H3/t10-;/m0./s1. The second-order valence-electron chi connectivity index (χ2n) is 5.05. The molecule has 0 aromatic heterocycles. The van der Waals surface area contributed by atoms with Crippen molar-refractivity contribution in [2.45, 2.75) is 59.4 Å². The lowest BCUT2D eigenvalue weighted by atomic mass is 10.2. The molecular formula is C14H29NO. The molecular weight excluding hydrogens is 198 g/mol. The van der Waals surface area contributed by atoms with Crippen molar-refractivity contribution in [1.29, 1.82) is 0 Å². The zero-order valence-corrected chi connectivity index (χ0v) is 11.5. The van der Waals surface area contributed by atoms with Crippen LogP contribution in [0.4, 0.5) is 0 Å². The fourth-order valence-electron chi connectivity index (χ4n) is 1.41. The van der Waals surface area contributed by atoms with Gasteiger partial charge in [0.2, 0.25) is 0 Å². The van der Waals surface area contributed by atoms with Crippen LogP contribution in [-0.2, 0) is 4.74 Å². The quantitative estimate of drug-likeness (QED) is 0.571. The fourth-order valence-corrected chi connectivity index (χ4v) is 1.41. The first-order valence-corrected chi connectivity index (χ1v) is 6.62. The summed E-state index contributed by atoms with van der Waals surface area (Å²) in [5.74, 6) is 1.76. The predicted molar refractivity (Wildman–Crippen MR) is 71.5 cm³/mol. The summed E-state index contributed by atoms with van der Waals surface area (Å²) in [5.41, 5.74) is 0. The molecule has 1 fully saturated rings. The maximum atomic E-state index is 5.51. The molecule has 2 heteroatoms. The molecule has 1 atom stereocenters. The molecule has 0 amide bonds. The van der Waals surface area contributed by atoms with Crippen molar-refractivity contribution in [2.75, 3.05) is 13.2 Å². The lowest BCUT2D eigenvalue weighted by molar-refractivity contribution is 0.187. The molecule has 1 heterocycles. The number of unbranched alkanes of at least 4 members (excludes halogenated alkanes) is 1. The monoisotopic (exact) mass is 227 g/mol. The zero-order chi connectivity index (χ0) is 12.4. The second-order valence-corrected chi connectivity index (χ2v) is 5.05. The van der Waals surface area contributed by atoms with Crippen molar-refractivity contribution in [3.63, 3.8) is 0 Å². The topological polar surface area (TPSA) is 21.3 Å².